The van der Waals surface area contributed by atoms with Gasteiger partial charge in [0.15, 0.2) is 5.69 Å². The lowest BCUT2D eigenvalue weighted by atomic mass is 9.88. The number of hydrogen-bond acceptors (Lipinski definition) is 5. The molecular weight excluding hydrogens is 365 g/mol. The largest absolute Gasteiger partial charge is 0.497 e. The zero-order chi connectivity index (χ0) is 20.4. The zero-order valence-electron chi connectivity index (χ0n) is 15.1. The van der Waals surface area contributed by atoms with E-state index >= 15 is 0 Å². The van der Waals surface area contributed by atoms with Crippen LogP contribution in [0, 0.1) is 17.2 Å². The van der Waals surface area contributed by atoms with Gasteiger partial charge in [0, 0.05) is 12.0 Å². The Hall–Kier alpha value is -2.76. The molecule has 6 nitrogen and oxygen atoms in total. The summed E-state index contributed by atoms with van der Waals surface area (Å²) in [4.78, 5) is 15.2. The van der Waals surface area contributed by atoms with Crippen molar-refractivity contribution in [3.63, 3.8) is 0 Å². The first-order valence-corrected chi connectivity index (χ1v) is 8.29. The zero-order valence-corrected chi connectivity index (χ0v) is 15.1. The maximum Gasteiger partial charge on any atom is 0.434 e. The number of pyridine rings is 1. The lowest BCUT2D eigenvalue weighted by Crippen LogP contribution is -2.20. The van der Waals surface area contributed by atoms with Crippen LogP contribution in [0.1, 0.15) is 53.9 Å². The molecule has 146 valence electrons. The second-order valence-corrected chi connectivity index (χ2v) is 6.46. The third kappa shape index (κ3) is 4.15. The molecule has 0 unspecified atom stereocenters. The number of methoxy groups -OCH3 is 1. The molecule has 2 heterocycles. The third-order valence-corrected chi connectivity index (χ3v) is 4.02. The van der Waals surface area contributed by atoms with E-state index in [9.17, 15) is 28.3 Å². The first kappa shape index (κ1) is 20.6. The van der Waals surface area contributed by atoms with Gasteiger partial charge in [-0.15, -0.1) is 0 Å². The molecule has 1 aliphatic rings. The highest BCUT2D eigenvalue weighted by Crippen LogP contribution is 2.42. The molecule has 1 aromatic rings. The predicted octanol–water partition coefficient (Wildman–Crippen LogP) is 4.05. The summed E-state index contributed by atoms with van der Waals surface area (Å²) in [5.41, 5.74) is -2.81. The van der Waals surface area contributed by atoms with Crippen molar-refractivity contribution in [1.29, 1.82) is 5.26 Å². The summed E-state index contributed by atoms with van der Waals surface area (Å²) in [6, 6.07) is 1.77. The van der Waals surface area contributed by atoms with E-state index in [2.05, 4.69) is 4.98 Å². The molecular formula is C18H19F3N2O4. The van der Waals surface area contributed by atoms with Crippen LogP contribution in [0.25, 0.3) is 5.57 Å². The Morgan fingerprint density at radius 3 is 2.48 bits per heavy atom. The van der Waals surface area contributed by atoms with Crippen LogP contribution in [-0.2, 0) is 17.3 Å². The number of carbonyl (C=O) groups is 1. The molecule has 0 radical (unpaired) electrons. The smallest absolute Gasteiger partial charge is 0.434 e. The van der Waals surface area contributed by atoms with Crippen LogP contribution in [0.4, 0.5) is 13.2 Å². The Kier molecular flexibility index (Phi) is 5.98. The normalized spacial score (nSPS) is 16.1. The topological polar surface area (TPSA) is 92.4 Å². The lowest BCUT2D eigenvalue weighted by molar-refractivity contribution is -0.141. The molecule has 27 heavy (non-hydrogen) atoms. The Balaban J connectivity index is 3.01. The third-order valence-electron chi connectivity index (χ3n) is 4.02. The molecule has 1 fully saturated rings. The van der Waals surface area contributed by atoms with Gasteiger partial charge in [-0.05, 0) is 24.3 Å². The van der Waals surface area contributed by atoms with Crippen molar-refractivity contribution in [2.75, 3.05) is 13.7 Å². The number of hydrogen-bond donors (Lipinski definition) is 1. The standard InChI is InChI=1S/C18H19F3N2O4/c1-9(2)7-10-13(11(8-22)12-5-4-6-27-12)15(18(19,20)21)23-16(26-3)14(10)17(24)25/h9H,4-7H2,1-3H3,(H,24,25)/b12-11-. The van der Waals surface area contributed by atoms with Crippen molar-refractivity contribution in [1.82, 2.24) is 4.98 Å². The second-order valence-electron chi connectivity index (χ2n) is 6.46. The average molecular weight is 384 g/mol. The number of ether oxygens (including phenoxy) is 2. The SMILES string of the molecule is COc1nc(C(F)(F)F)c(/C(C#N)=C2/CCCO2)c(CC(C)C)c1C(=O)O. The fourth-order valence-corrected chi connectivity index (χ4v) is 3.02. The Bertz CT molecular complexity index is 815. The highest BCUT2D eigenvalue weighted by atomic mass is 19.4. The number of nitrogens with zero attached hydrogens (tertiary/aromatic N) is 2. The molecule has 1 aliphatic heterocycles. The summed E-state index contributed by atoms with van der Waals surface area (Å²) in [5.74, 6) is -2.16. The minimum Gasteiger partial charge on any atom is -0.497 e. The van der Waals surface area contributed by atoms with E-state index in [-0.39, 0.29) is 35.8 Å². The van der Waals surface area contributed by atoms with Crippen LogP contribution in [0.15, 0.2) is 5.76 Å². The van der Waals surface area contributed by atoms with Crippen molar-refractivity contribution < 1.29 is 32.5 Å². The summed E-state index contributed by atoms with van der Waals surface area (Å²) in [7, 11) is 1.05. The van der Waals surface area contributed by atoms with Gasteiger partial charge in [0.25, 0.3) is 0 Å². The number of halogens is 3. The van der Waals surface area contributed by atoms with Crippen molar-refractivity contribution in [2.24, 2.45) is 5.92 Å². The van der Waals surface area contributed by atoms with Crippen LogP contribution in [0.5, 0.6) is 5.88 Å². The Morgan fingerprint density at radius 1 is 1.41 bits per heavy atom. The van der Waals surface area contributed by atoms with Crippen LogP contribution in [-0.4, -0.2) is 29.8 Å². The van der Waals surface area contributed by atoms with E-state index in [0.717, 1.165) is 7.11 Å². The molecule has 1 saturated heterocycles. The Morgan fingerprint density at radius 2 is 2.07 bits per heavy atom. The van der Waals surface area contributed by atoms with Crippen LogP contribution >= 0.6 is 0 Å². The highest BCUT2D eigenvalue weighted by Gasteiger charge is 2.41. The number of aromatic carboxylic acids is 1. The summed E-state index contributed by atoms with van der Waals surface area (Å²) >= 11 is 0. The molecule has 9 heteroatoms. The van der Waals surface area contributed by atoms with Crippen molar-refractivity contribution in [3.05, 3.63) is 28.1 Å². The van der Waals surface area contributed by atoms with E-state index in [1.807, 2.05) is 0 Å². The van der Waals surface area contributed by atoms with Gasteiger partial charge in [-0.1, -0.05) is 13.8 Å². The Labute approximate surface area is 154 Å². The van der Waals surface area contributed by atoms with Gasteiger partial charge in [0.05, 0.1) is 19.3 Å². The highest BCUT2D eigenvalue weighted by molar-refractivity contribution is 5.95. The molecule has 1 N–H and O–H groups in total. The van der Waals surface area contributed by atoms with E-state index in [1.54, 1.807) is 19.9 Å². The maximum atomic E-state index is 13.8. The van der Waals surface area contributed by atoms with E-state index in [1.165, 1.54) is 0 Å². The molecule has 0 spiro atoms. The molecule has 0 aliphatic carbocycles. The number of allylic oxidation sites excluding steroid dienone is 2. The van der Waals surface area contributed by atoms with Gasteiger partial charge in [0.1, 0.15) is 17.4 Å². The number of aromatic nitrogens is 1. The minimum atomic E-state index is -4.91. The summed E-state index contributed by atoms with van der Waals surface area (Å²) in [6.07, 6.45) is -4.05. The van der Waals surface area contributed by atoms with Crippen LogP contribution < -0.4 is 4.74 Å². The molecule has 0 atom stereocenters. The summed E-state index contributed by atoms with van der Waals surface area (Å²) < 4.78 is 51.4. The quantitative estimate of drug-likeness (QED) is 0.770. The summed E-state index contributed by atoms with van der Waals surface area (Å²) in [5, 5.41) is 19.2. The fraction of sp³-hybridized carbons (Fsp3) is 0.500. The van der Waals surface area contributed by atoms with Gasteiger partial charge in [-0.3, -0.25) is 0 Å². The lowest BCUT2D eigenvalue weighted by Gasteiger charge is -2.21. The second kappa shape index (κ2) is 7.86. The number of rotatable bonds is 5. The van der Waals surface area contributed by atoms with Gasteiger partial charge in [-0.2, -0.15) is 18.4 Å². The van der Waals surface area contributed by atoms with Crippen molar-refractivity contribution >= 4 is 11.5 Å². The molecule has 0 amide bonds. The molecule has 0 aromatic carbocycles. The molecule has 2 rings (SSSR count). The number of carboxylic acids is 1. The van der Waals surface area contributed by atoms with E-state index < -0.39 is 34.8 Å². The summed E-state index contributed by atoms with van der Waals surface area (Å²) in [6.45, 7) is 3.76. The number of alkyl halides is 3. The van der Waals surface area contributed by atoms with E-state index in [4.69, 9.17) is 9.47 Å². The number of carboxylic acid groups (broad SMARTS) is 1. The average Bonchev–Trinajstić information content (AvgIpc) is 3.08. The molecule has 0 saturated carbocycles. The number of nitriles is 1. The maximum absolute atomic E-state index is 13.8. The van der Waals surface area contributed by atoms with Crippen molar-refractivity contribution in [2.45, 2.75) is 39.3 Å². The van der Waals surface area contributed by atoms with Gasteiger partial charge in [0.2, 0.25) is 5.88 Å². The van der Waals surface area contributed by atoms with Gasteiger partial charge < -0.3 is 14.6 Å². The predicted molar refractivity (Wildman–Crippen MR) is 89.0 cm³/mol. The first-order chi connectivity index (χ1) is 12.6. The molecule has 0 bridgehead atoms. The monoisotopic (exact) mass is 384 g/mol. The van der Waals surface area contributed by atoms with Crippen LogP contribution in [0.2, 0.25) is 0 Å². The van der Waals surface area contributed by atoms with Gasteiger partial charge in [-0.25, -0.2) is 9.78 Å². The van der Waals surface area contributed by atoms with Gasteiger partial charge >= 0.3 is 12.1 Å². The molecule has 1 aromatic heterocycles. The van der Waals surface area contributed by atoms with Crippen LogP contribution in [0.3, 0.4) is 0 Å². The fourth-order valence-electron chi connectivity index (χ4n) is 3.02. The van der Waals surface area contributed by atoms with Crippen molar-refractivity contribution in [3.8, 4) is 11.9 Å². The minimum absolute atomic E-state index is 0.00259. The first-order valence-electron chi connectivity index (χ1n) is 8.29. The van der Waals surface area contributed by atoms with E-state index in [0.29, 0.717) is 12.8 Å².